The monoisotopic (exact) mass is 452 g/mol. The number of amides is 2. The van der Waals surface area contributed by atoms with Crippen molar-refractivity contribution in [3.8, 4) is 5.75 Å². The van der Waals surface area contributed by atoms with E-state index in [4.69, 9.17) is 4.74 Å². The molecule has 0 atom stereocenters. The van der Waals surface area contributed by atoms with Gasteiger partial charge in [-0.1, -0.05) is 0 Å². The molecule has 0 radical (unpaired) electrons. The number of ether oxygens (including phenoxy) is 1. The Morgan fingerprint density at radius 3 is 2.33 bits per heavy atom. The van der Waals surface area contributed by atoms with Crippen LogP contribution in [0.25, 0.3) is 0 Å². The second-order valence-corrected chi connectivity index (χ2v) is 7.17. The van der Waals surface area contributed by atoms with E-state index in [2.05, 4.69) is 25.9 Å². The van der Waals surface area contributed by atoms with Gasteiger partial charge in [-0.2, -0.15) is 15.3 Å². The van der Waals surface area contributed by atoms with Gasteiger partial charge in [-0.05, 0) is 37.3 Å². The van der Waals surface area contributed by atoms with Crippen molar-refractivity contribution in [2.45, 2.75) is 13.7 Å². The largest absolute Gasteiger partial charge is 0.471 e. The first-order chi connectivity index (χ1) is 15.8. The molecule has 12 heteroatoms. The molecule has 0 aliphatic carbocycles. The minimum absolute atomic E-state index is 0.0317. The number of benzene rings is 1. The Morgan fingerprint density at radius 1 is 0.970 bits per heavy atom. The number of aromatic nitrogens is 6. The van der Waals surface area contributed by atoms with Crippen LogP contribution in [0, 0.1) is 12.7 Å². The quantitative estimate of drug-likeness (QED) is 0.444. The third-order valence-corrected chi connectivity index (χ3v) is 4.94. The maximum atomic E-state index is 13.0. The van der Waals surface area contributed by atoms with Gasteiger partial charge in [0.05, 0.1) is 29.5 Å². The van der Waals surface area contributed by atoms with Gasteiger partial charge in [0, 0.05) is 20.3 Å². The van der Waals surface area contributed by atoms with Gasteiger partial charge < -0.3 is 15.4 Å². The van der Waals surface area contributed by atoms with E-state index in [1.54, 1.807) is 31.2 Å². The van der Waals surface area contributed by atoms with Gasteiger partial charge in [-0.15, -0.1) is 0 Å². The maximum Gasteiger partial charge on any atom is 0.276 e. The topological polar surface area (TPSA) is 121 Å². The molecule has 0 saturated heterocycles. The second kappa shape index (κ2) is 8.94. The van der Waals surface area contributed by atoms with Crippen LogP contribution in [0.15, 0.2) is 48.9 Å². The molecule has 1 aromatic carbocycles. The van der Waals surface area contributed by atoms with E-state index >= 15 is 0 Å². The van der Waals surface area contributed by atoms with Gasteiger partial charge >= 0.3 is 0 Å². The number of hydrogen-bond acceptors (Lipinski definition) is 6. The minimum Gasteiger partial charge on any atom is -0.471 e. The van der Waals surface area contributed by atoms with Crippen LogP contribution in [0.5, 0.6) is 5.75 Å². The summed E-state index contributed by atoms with van der Waals surface area (Å²) in [5.41, 5.74) is 1.87. The first-order valence-electron chi connectivity index (χ1n) is 9.87. The van der Waals surface area contributed by atoms with Gasteiger partial charge in [0.15, 0.2) is 12.4 Å². The molecule has 0 spiro atoms. The van der Waals surface area contributed by atoms with Crippen LogP contribution < -0.4 is 15.4 Å². The smallest absolute Gasteiger partial charge is 0.276 e. The first kappa shape index (κ1) is 21.7. The molecule has 4 aromatic rings. The lowest BCUT2D eigenvalue weighted by Crippen LogP contribution is -2.21. The fourth-order valence-corrected chi connectivity index (χ4v) is 3.01. The predicted molar refractivity (Wildman–Crippen MR) is 116 cm³/mol. The number of halogens is 1. The second-order valence-electron chi connectivity index (χ2n) is 7.17. The van der Waals surface area contributed by atoms with Crippen LogP contribution in [0.1, 0.15) is 26.7 Å². The van der Waals surface area contributed by atoms with Crippen molar-refractivity contribution in [1.29, 1.82) is 0 Å². The average Bonchev–Trinajstić information content (AvgIpc) is 3.49. The maximum absolute atomic E-state index is 13.0. The van der Waals surface area contributed by atoms with Crippen molar-refractivity contribution < 1.29 is 18.7 Å². The Morgan fingerprint density at radius 2 is 1.64 bits per heavy atom. The van der Waals surface area contributed by atoms with Crippen LogP contribution >= 0.6 is 0 Å². The first-order valence-corrected chi connectivity index (χ1v) is 9.87. The number of carbonyl (C=O) groups is 2. The van der Waals surface area contributed by atoms with Crippen LogP contribution in [-0.2, 0) is 20.8 Å². The fourth-order valence-electron chi connectivity index (χ4n) is 3.01. The Hall–Kier alpha value is -4.48. The van der Waals surface area contributed by atoms with Gasteiger partial charge in [0.25, 0.3) is 11.8 Å². The van der Waals surface area contributed by atoms with E-state index in [9.17, 15) is 14.0 Å². The Balaban J connectivity index is 1.42. The number of aryl methyl sites for hydroxylation is 2. The van der Waals surface area contributed by atoms with Crippen LogP contribution in [0.4, 0.5) is 15.8 Å². The van der Waals surface area contributed by atoms with Gasteiger partial charge in [-0.25, -0.2) is 9.07 Å². The molecule has 0 bridgehead atoms. The number of rotatable bonds is 7. The predicted octanol–water partition coefficient (Wildman–Crippen LogP) is 2.34. The molecular weight excluding hydrogens is 431 g/mol. The summed E-state index contributed by atoms with van der Waals surface area (Å²) in [6, 6.07) is 7.07. The van der Waals surface area contributed by atoms with Crippen molar-refractivity contribution in [2.24, 2.45) is 14.1 Å². The van der Waals surface area contributed by atoms with Crippen molar-refractivity contribution in [1.82, 2.24) is 29.3 Å². The highest BCUT2D eigenvalue weighted by atomic mass is 19.1. The lowest BCUT2D eigenvalue weighted by Gasteiger charge is -2.08. The normalized spacial score (nSPS) is 10.8. The Kier molecular flexibility index (Phi) is 5.89. The van der Waals surface area contributed by atoms with Crippen LogP contribution in [-0.4, -0.2) is 41.2 Å². The molecule has 0 fully saturated rings. The number of anilines is 2. The van der Waals surface area contributed by atoms with Gasteiger partial charge in [-0.3, -0.25) is 19.0 Å². The van der Waals surface area contributed by atoms with Crippen molar-refractivity contribution in [3.63, 3.8) is 0 Å². The lowest BCUT2D eigenvalue weighted by molar-refractivity contribution is 0.101. The summed E-state index contributed by atoms with van der Waals surface area (Å²) in [4.78, 5) is 25.5. The molecule has 33 heavy (non-hydrogen) atoms. The molecular formula is C21H21FN8O3. The van der Waals surface area contributed by atoms with E-state index < -0.39 is 11.8 Å². The number of nitrogens with zero attached hydrogens (tertiary/aromatic N) is 6. The molecule has 3 heterocycles. The third kappa shape index (κ3) is 4.74. The van der Waals surface area contributed by atoms with E-state index in [0.29, 0.717) is 11.4 Å². The zero-order chi connectivity index (χ0) is 23.5. The molecule has 2 N–H and O–H groups in total. The van der Waals surface area contributed by atoms with Gasteiger partial charge in [0.2, 0.25) is 0 Å². The fraction of sp³-hybridized carbons (Fsp3) is 0.190. The summed E-state index contributed by atoms with van der Waals surface area (Å²) in [5, 5.41) is 17.8. The number of hydrogen-bond donors (Lipinski definition) is 2. The minimum atomic E-state index is -0.518. The van der Waals surface area contributed by atoms with E-state index in [1.807, 2.05) is 6.92 Å². The standard InChI is InChI=1S/C21H21FN8O3/c1-13-17(10-23-28(13)2)25-21(32)19-18(11-24-29(19)3)26-20(31)16-8-9-30(27-16)12-33-15-6-4-14(22)5-7-15/h4-11H,12H2,1-3H3,(H,25,32)(H,26,31). The third-order valence-electron chi connectivity index (χ3n) is 4.94. The molecule has 170 valence electrons. The van der Waals surface area contributed by atoms with Gasteiger partial charge in [0.1, 0.15) is 17.3 Å². The summed E-state index contributed by atoms with van der Waals surface area (Å²) in [6.07, 6.45) is 4.50. The van der Waals surface area contributed by atoms with E-state index in [0.717, 1.165) is 5.69 Å². The number of carbonyl (C=O) groups excluding carboxylic acids is 2. The highest BCUT2D eigenvalue weighted by molar-refractivity contribution is 6.11. The highest BCUT2D eigenvalue weighted by Crippen LogP contribution is 2.19. The average molecular weight is 452 g/mol. The Labute approximate surface area is 187 Å². The summed E-state index contributed by atoms with van der Waals surface area (Å²) in [7, 11) is 3.37. The van der Waals surface area contributed by atoms with Crippen molar-refractivity contribution >= 4 is 23.2 Å². The molecule has 2 amide bonds. The van der Waals surface area contributed by atoms with E-state index in [1.165, 1.54) is 45.9 Å². The molecule has 0 aliphatic heterocycles. The zero-order valence-electron chi connectivity index (χ0n) is 18.1. The SMILES string of the molecule is Cc1c(NC(=O)c2c(NC(=O)c3ccn(COc4ccc(F)cc4)n3)cnn2C)cnn1C. The van der Waals surface area contributed by atoms with Crippen LogP contribution in [0.3, 0.4) is 0 Å². The summed E-state index contributed by atoms with van der Waals surface area (Å²) in [6.45, 7) is 1.86. The Bertz CT molecular complexity index is 1310. The van der Waals surface area contributed by atoms with Crippen LogP contribution in [0.2, 0.25) is 0 Å². The van der Waals surface area contributed by atoms with E-state index in [-0.39, 0.29) is 29.6 Å². The summed E-state index contributed by atoms with van der Waals surface area (Å²) in [5.74, 6) is -0.859. The molecule has 3 aromatic heterocycles. The molecule has 0 saturated carbocycles. The summed E-state index contributed by atoms with van der Waals surface area (Å²) < 4.78 is 22.9. The lowest BCUT2D eigenvalue weighted by atomic mass is 10.3. The molecule has 0 aliphatic rings. The molecule has 11 nitrogen and oxygen atoms in total. The van der Waals surface area contributed by atoms with Crippen molar-refractivity contribution in [2.75, 3.05) is 10.6 Å². The summed E-state index contributed by atoms with van der Waals surface area (Å²) >= 11 is 0. The van der Waals surface area contributed by atoms with Crippen molar-refractivity contribution in [3.05, 3.63) is 71.8 Å². The molecule has 0 unspecified atom stereocenters. The number of nitrogens with one attached hydrogen (secondary N) is 2. The molecule has 4 rings (SSSR count). The highest BCUT2D eigenvalue weighted by Gasteiger charge is 2.21. The zero-order valence-corrected chi connectivity index (χ0v) is 18.1.